The van der Waals surface area contributed by atoms with Crippen molar-refractivity contribution in [2.75, 3.05) is 6.61 Å². The number of ketones is 1. The van der Waals surface area contributed by atoms with E-state index in [1.165, 1.54) is 0 Å². The molecule has 108 valence electrons. The van der Waals surface area contributed by atoms with Gasteiger partial charge in [-0.05, 0) is 44.0 Å². The topological polar surface area (TPSA) is 35.5 Å². The summed E-state index contributed by atoms with van der Waals surface area (Å²) in [7, 11) is 0. The van der Waals surface area contributed by atoms with Crippen molar-refractivity contribution in [3.05, 3.63) is 59.7 Å². The molecule has 0 amide bonds. The molecule has 0 radical (unpaired) electrons. The molecule has 0 N–H and O–H groups in total. The van der Waals surface area contributed by atoms with Crippen molar-refractivity contribution in [3.63, 3.8) is 0 Å². The molecule has 21 heavy (non-hydrogen) atoms. The van der Waals surface area contributed by atoms with Gasteiger partial charge in [0.15, 0.2) is 5.78 Å². The van der Waals surface area contributed by atoms with E-state index in [1.807, 2.05) is 43.3 Å². The van der Waals surface area contributed by atoms with Crippen LogP contribution in [0, 0.1) is 0 Å². The lowest BCUT2D eigenvalue weighted by Crippen LogP contribution is -2.03. The second-order valence-electron chi connectivity index (χ2n) is 5.14. The molecule has 3 rings (SSSR count). The second kappa shape index (κ2) is 6.00. The van der Waals surface area contributed by atoms with Crippen molar-refractivity contribution in [1.29, 1.82) is 0 Å². The summed E-state index contributed by atoms with van der Waals surface area (Å²) in [4.78, 5) is 12.5. The van der Waals surface area contributed by atoms with E-state index in [9.17, 15) is 4.79 Å². The molecular formula is C18H18O3. The molecule has 0 aliphatic heterocycles. The summed E-state index contributed by atoms with van der Waals surface area (Å²) in [6.07, 6.45) is 2.54. The fourth-order valence-corrected chi connectivity index (χ4v) is 2.15. The summed E-state index contributed by atoms with van der Waals surface area (Å²) >= 11 is 0. The molecule has 0 atom stereocenters. The van der Waals surface area contributed by atoms with Crippen LogP contribution in [0.2, 0.25) is 0 Å². The van der Waals surface area contributed by atoms with Gasteiger partial charge in [0.25, 0.3) is 0 Å². The average molecular weight is 282 g/mol. The Bertz CT molecular complexity index is 644. The van der Waals surface area contributed by atoms with Crippen LogP contribution in [0.1, 0.15) is 35.7 Å². The molecule has 0 saturated heterocycles. The fraction of sp³-hybridized carbons (Fsp3) is 0.278. The van der Waals surface area contributed by atoms with Crippen molar-refractivity contribution in [1.82, 2.24) is 0 Å². The Morgan fingerprint density at radius 3 is 2.29 bits per heavy atom. The minimum Gasteiger partial charge on any atom is -0.494 e. The first-order valence-corrected chi connectivity index (χ1v) is 7.30. The van der Waals surface area contributed by atoms with Crippen LogP contribution in [0.4, 0.5) is 0 Å². The van der Waals surface area contributed by atoms with Gasteiger partial charge < -0.3 is 9.47 Å². The summed E-state index contributed by atoms with van der Waals surface area (Å²) in [5.41, 5.74) is 1.27. The third kappa shape index (κ3) is 3.43. The highest BCUT2D eigenvalue weighted by Crippen LogP contribution is 2.27. The predicted octanol–water partition coefficient (Wildman–Crippen LogP) is 3.86. The van der Waals surface area contributed by atoms with E-state index in [2.05, 4.69) is 0 Å². The Morgan fingerprint density at radius 1 is 1.05 bits per heavy atom. The van der Waals surface area contributed by atoms with Gasteiger partial charge in [-0.25, -0.2) is 0 Å². The lowest BCUT2D eigenvalue weighted by atomic mass is 10.0. The molecule has 1 aliphatic rings. The summed E-state index contributed by atoms with van der Waals surface area (Å²) < 4.78 is 11.2. The van der Waals surface area contributed by atoms with Gasteiger partial charge in [-0.2, -0.15) is 0 Å². The Kier molecular flexibility index (Phi) is 3.91. The first kappa shape index (κ1) is 13.7. The molecule has 1 fully saturated rings. The highest BCUT2D eigenvalue weighted by molar-refractivity contribution is 6.09. The van der Waals surface area contributed by atoms with Gasteiger partial charge >= 0.3 is 0 Å². The number of rotatable bonds is 6. The molecule has 0 bridgehead atoms. The number of benzene rings is 2. The van der Waals surface area contributed by atoms with E-state index in [4.69, 9.17) is 9.47 Å². The number of hydrogen-bond acceptors (Lipinski definition) is 3. The standard InChI is InChI=1S/C18H18O3/c1-2-20-16-7-3-5-13(11-16)18(19)14-6-4-8-17(12-14)21-15-9-10-15/h3-8,11-12,15H,2,9-10H2,1H3. The van der Waals surface area contributed by atoms with Gasteiger partial charge in [0.2, 0.25) is 0 Å². The van der Waals surface area contributed by atoms with Gasteiger partial charge in [-0.3, -0.25) is 4.79 Å². The quantitative estimate of drug-likeness (QED) is 0.755. The van der Waals surface area contributed by atoms with Crippen molar-refractivity contribution in [2.24, 2.45) is 0 Å². The Morgan fingerprint density at radius 2 is 1.67 bits per heavy atom. The molecule has 0 unspecified atom stereocenters. The first-order chi connectivity index (χ1) is 10.3. The predicted molar refractivity (Wildman–Crippen MR) is 81.1 cm³/mol. The largest absolute Gasteiger partial charge is 0.494 e. The van der Waals surface area contributed by atoms with Gasteiger partial charge in [0.05, 0.1) is 12.7 Å². The Labute approximate surface area is 124 Å². The highest BCUT2D eigenvalue weighted by Gasteiger charge is 2.23. The van der Waals surface area contributed by atoms with Crippen molar-refractivity contribution >= 4 is 5.78 Å². The smallest absolute Gasteiger partial charge is 0.193 e. The van der Waals surface area contributed by atoms with Crippen LogP contribution in [0.5, 0.6) is 11.5 Å². The van der Waals surface area contributed by atoms with Crippen LogP contribution in [-0.4, -0.2) is 18.5 Å². The number of carbonyl (C=O) groups is 1. The number of hydrogen-bond donors (Lipinski definition) is 0. The van der Waals surface area contributed by atoms with Gasteiger partial charge in [-0.1, -0.05) is 24.3 Å². The molecular weight excluding hydrogens is 264 g/mol. The molecule has 3 heteroatoms. The lowest BCUT2D eigenvalue weighted by molar-refractivity contribution is 0.103. The van der Waals surface area contributed by atoms with E-state index in [-0.39, 0.29) is 5.78 Å². The third-order valence-corrected chi connectivity index (χ3v) is 3.33. The van der Waals surface area contributed by atoms with Crippen molar-refractivity contribution in [3.8, 4) is 11.5 Å². The SMILES string of the molecule is CCOc1cccc(C(=O)c2cccc(OC3CC3)c2)c1. The van der Waals surface area contributed by atoms with Crippen molar-refractivity contribution < 1.29 is 14.3 Å². The van der Waals surface area contributed by atoms with Crippen LogP contribution >= 0.6 is 0 Å². The van der Waals surface area contributed by atoms with Crippen LogP contribution in [0.3, 0.4) is 0 Å². The maximum atomic E-state index is 12.5. The molecule has 0 aromatic heterocycles. The summed E-state index contributed by atoms with van der Waals surface area (Å²) in [5, 5.41) is 0. The van der Waals surface area contributed by atoms with Crippen molar-refractivity contribution in [2.45, 2.75) is 25.9 Å². The minimum absolute atomic E-state index is 0.0159. The van der Waals surface area contributed by atoms with Crippen LogP contribution in [-0.2, 0) is 0 Å². The monoisotopic (exact) mass is 282 g/mol. The average Bonchev–Trinajstić information content (AvgIpc) is 3.31. The normalized spacial score (nSPS) is 13.8. The third-order valence-electron chi connectivity index (χ3n) is 3.33. The zero-order valence-electron chi connectivity index (χ0n) is 12.0. The number of ether oxygens (including phenoxy) is 2. The molecule has 0 heterocycles. The lowest BCUT2D eigenvalue weighted by Gasteiger charge is -2.08. The molecule has 2 aromatic carbocycles. The highest BCUT2D eigenvalue weighted by atomic mass is 16.5. The summed E-state index contributed by atoms with van der Waals surface area (Å²) in [6, 6.07) is 14.7. The second-order valence-corrected chi connectivity index (χ2v) is 5.14. The number of carbonyl (C=O) groups excluding carboxylic acids is 1. The first-order valence-electron chi connectivity index (χ1n) is 7.30. The van der Waals surface area contributed by atoms with E-state index in [0.29, 0.717) is 29.6 Å². The van der Waals surface area contributed by atoms with Gasteiger partial charge in [-0.15, -0.1) is 0 Å². The van der Waals surface area contributed by atoms with E-state index < -0.39 is 0 Å². The van der Waals surface area contributed by atoms with E-state index >= 15 is 0 Å². The zero-order valence-corrected chi connectivity index (χ0v) is 12.0. The molecule has 1 aliphatic carbocycles. The van der Waals surface area contributed by atoms with E-state index in [0.717, 1.165) is 18.6 Å². The fourth-order valence-electron chi connectivity index (χ4n) is 2.15. The van der Waals surface area contributed by atoms with Crippen LogP contribution in [0.25, 0.3) is 0 Å². The minimum atomic E-state index is -0.0159. The summed E-state index contributed by atoms with van der Waals surface area (Å²) in [5.74, 6) is 1.47. The molecule has 1 saturated carbocycles. The summed E-state index contributed by atoms with van der Waals surface area (Å²) in [6.45, 7) is 2.51. The maximum Gasteiger partial charge on any atom is 0.193 e. The van der Waals surface area contributed by atoms with Crippen LogP contribution in [0.15, 0.2) is 48.5 Å². The van der Waals surface area contributed by atoms with Gasteiger partial charge in [0, 0.05) is 11.1 Å². The Hall–Kier alpha value is -2.29. The molecule has 2 aromatic rings. The van der Waals surface area contributed by atoms with Gasteiger partial charge in [0.1, 0.15) is 11.5 Å². The van der Waals surface area contributed by atoms with Crippen LogP contribution < -0.4 is 9.47 Å². The molecule has 0 spiro atoms. The zero-order chi connectivity index (χ0) is 14.7. The molecule has 3 nitrogen and oxygen atoms in total. The van der Waals surface area contributed by atoms with E-state index in [1.54, 1.807) is 12.1 Å². The Balaban J connectivity index is 1.81. The maximum absolute atomic E-state index is 12.5.